The van der Waals surface area contributed by atoms with Gasteiger partial charge in [-0.15, -0.1) is 24.8 Å². The second-order valence-corrected chi connectivity index (χ2v) is 9.03. The van der Waals surface area contributed by atoms with Crippen LogP contribution in [0, 0.1) is 5.92 Å². The van der Waals surface area contributed by atoms with Gasteiger partial charge in [0.25, 0.3) is 5.91 Å². The van der Waals surface area contributed by atoms with Crippen molar-refractivity contribution >= 4 is 42.5 Å². The fourth-order valence-corrected chi connectivity index (χ4v) is 5.29. The molecule has 4 rings (SSSR count). The van der Waals surface area contributed by atoms with Crippen LogP contribution < -0.4 is 5.73 Å². The number of nitrogens with two attached hydrogens (primary N) is 1. The molecule has 30 heavy (non-hydrogen) atoms. The van der Waals surface area contributed by atoms with Crippen molar-refractivity contribution in [2.75, 3.05) is 44.2 Å². The van der Waals surface area contributed by atoms with E-state index in [1.54, 1.807) is 0 Å². The van der Waals surface area contributed by atoms with Crippen LogP contribution in [0.4, 0.5) is 0 Å². The summed E-state index contributed by atoms with van der Waals surface area (Å²) in [5.74, 6) is 3.21. The van der Waals surface area contributed by atoms with Crippen LogP contribution in [-0.4, -0.2) is 59.9 Å². The molecule has 2 aromatic carbocycles. The lowest BCUT2D eigenvalue weighted by Crippen LogP contribution is -2.32. The lowest BCUT2D eigenvalue weighted by atomic mass is 9.89. The van der Waals surface area contributed by atoms with Crippen LogP contribution >= 0.6 is 36.6 Å². The topological polar surface area (TPSA) is 49.6 Å². The van der Waals surface area contributed by atoms with E-state index in [1.807, 2.05) is 34.9 Å². The standard InChI is InChI=1S/C23H29N3OS.2ClH/c24-14-21-16-26(17-22(21)19-4-2-1-3-5-19)23(27)20-8-6-18(7-9-20)15-25-10-12-28-13-11-25;;/h1-9,21-22H,10-17,24H2;2*1H/t21-,22+;;/m1../s1. The first-order chi connectivity index (χ1) is 13.7. The molecule has 2 aromatic rings. The number of nitrogens with zero attached hydrogens (tertiary/aromatic N) is 2. The molecule has 2 atom stereocenters. The first-order valence-electron chi connectivity index (χ1n) is 10.2. The van der Waals surface area contributed by atoms with E-state index in [2.05, 4.69) is 41.3 Å². The molecular weight excluding hydrogens is 437 g/mol. The molecule has 1 amide bonds. The van der Waals surface area contributed by atoms with Gasteiger partial charge < -0.3 is 10.6 Å². The second-order valence-electron chi connectivity index (χ2n) is 7.81. The van der Waals surface area contributed by atoms with Gasteiger partial charge in [0, 0.05) is 55.7 Å². The van der Waals surface area contributed by atoms with Crippen molar-refractivity contribution in [1.82, 2.24) is 9.80 Å². The van der Waals surface area contributed by atoms with Gasteiger partial charge in [-0.2, -0.15) is 11.8 Å². The molecule has 2 fully saturated rings. The molecule has 0 radical (unpaired) electrons. The fraction of sp³-hybridized carbons (Fsp3) is 0.435. The Morgan fingerprint density at radius 1 is 0.967 bits per heavy atom. The summed E-state index contributed by atoms with van der Waals surface area (Å²) in [7, 11) is 0. The van der Waals surface area contributed by atoms with Crippen LogP contribution in [-0.2, 0) is 6.54 Å². The number of hydrogen-bond acceptors (Lipinski definition) is 4. The third-order valence-corrected chi connectivity index (χ3v) is 6.91. The molecule has 2 N–H and O–H groups in total. The predicted octanol–water partition coefficient (Wildman–Crippen LogP) is 3.89. The van der Waals surface area contributed by atoms with Crippen molar-refractivity contribution in [3.63, 3.8) is 0 Å². The minimum absolute atomic E-state index is 0. The average Bonchev–Trinajstić information content (AvgIpc) is 3.20. The Labute approximate surface area is 196 Å². The molecular formula is C23H31Cl2N3OS. The van der Waals surface area contributed by atoms with Crippen molar-refractivity contribution in [3.05, 3.63) is 71.3 Å². The minimum atomic E-state index is 0. The highest BCUT2D eigenvalue weighted by molar-refractivity contribution is 7.99. The van der Waals surface area contributed by atoms with Crippen molar-refractivity contribution in [2.24, 2.45) is 11.7 Å². The monoisotopic (exact) mass is 467 g/mol. The van der Waals surface area contributed by atoms with Gasteiger partial charge in [-0.25, -0.2) is 0 Å². The summed E-state index contributed by atoms with van der Waals surface area (Å²) < 4.78 is 0. The first kappa shape index (κ1) is 25.0. The van der Waals surface area contributed by atoms with Crippen molar-refractivity contribution in [1.29, 1.82) is 0 Å². The van der Waals surface area contributed by atoms with Gasteiger partial charge in [-0.3, -0.25) is 9.69 Å². The molecule has 0 aliphatic carbocycles. The lowest BCUT2D eigenvalue weighted by Gasteiger charge is -2.26. The van der Waals surface area contributed by atoms with Gasteiger partial charge in [0.1, 0.15) is 0 Å². The maximum atomic E-state index is 13.1. The summed E-state index contributed by atoms with van der Waals surface area (Å²) in [5.41, 5.74) is 9.37. The Hall–Kier alpha value is -1.24. The molecule has 0 spiro atoms. The number of carbonyl (C=O) groups is 1. The van der Waals surface area contributed by atoms with Gasteiger partial charge >= 0.3 is 0 Å². The number of benzene rings is 2. The zero-order valence-corrected chi connectivity index (χ0v) is 19.6. The third kappa shape index (κ3) is 5.92. The van der Waals surface area contributed by atoms with Gasteiger partial charge in [-0.05, 0) is 35.7 Å². The molecule has 4 nitrogen and oxygen atoms in total. The van der Waals surface area contributed by atoms with E-state index in [0.717, 1.165) is 38.3 Å². The van der Waals surface area contributed by atoms with Crippen LogP contribution in [0.25, 0.3) is 0 Å². The number of amides is 1. The van der Waals surface area contributed by atoms with Gasteiger partial charge in [0.2, 0.25) is 0 Å². The molecule has 164 valence electrons. The van der Waals surface area contributed by atoms with E-state index in [4.69, 9.17) is 5.73 Å². The SMILES string of the molecule is Cl.Cl.NC[C@@H]1CN(C(=O)c2ccc(CN3CCSCC3)cc2)C[C@H]1c1ccccc1. The highest BCUT2D eigenvalue weighted by atomic mass is 35.5. The Morgan fingerprint density at radius 2 is 1.63 bits per heavy atom. The van der Waals surface area contributed by atoms with Crippen molar-refractivity contribution in [2.45, 2.75) is 12.5 Å². The Balaban J connectivity index is 0.00000160. The number of halogens is 2. The Morgan fingerprint density at radius 3 is 2.27 bits per heavy atom. The normalized spacial score (nSPS) is 21.6. The number of rotatable bonds is 5. The molecule has 0 bridgehead atoms. The Kier molecular flexibility index (Phi) is 9.98. The molecule has 0 aromatic heterocycles. The Bertz CT molecular complexity index is 785. The number of thioether (sulfide) groups is 1. The number of likely N-dealkylation sites (tertiary alicyclic amines) is 1. The van der Waals surface area contributed by atoms with E-state index >= 15 is 0 Å². The molecule has 2 aliphatic rings. The largest absolute Gasteiger partial charge is 0.338 e. The molecule has 2 saturated heterocycles. The van der Waals surface area contributed by atoms with Crippen molar-refractivity contribution in [3.8, 4) is 0 Å². The van der Waals surface area contributed by atoms with Gasteiger partial charge in [0.05, 0.1) is 0 Å². The summed E-state index contributed by atoms with van der Waals surface area (Å²) in [4.78, 5) is 17.5. The third-order valence-electron chi connectivity index (χ3n) is 5.97. The zero-order chi connectivity index (χ0) is 19.3. The number of hydrogen-bond donors (Lipinski definition) is 1. The van der Waals surface area contributed by atoms with E-state index in [9.17, 15) is 4.79 Å². The minimum Gasteiger partial charge on any atom is -0.338 e. The van der Waals surface area contributed by atoms with E-state index in [0.29, 0.717) is 18.4 Å². The fourth-order valence-electron chi connectivity index (χ4n) is 4.31. The molecule has 2 heterocycles. The van der Waals surface area contributed by atoms with Crippen LogP contribution in [0.2, 0.25) is 0 Å². The van der Waals surface area contributed by atoms with E-state index in [-0.39, 0.29) is 30.7 Å². The average molecular weight is 468 g/mol. The van der Waals surface area contributed by atoms with Crippen LogP contribution in [0.5, 0.6) is 0 Å². The zero-order valence-electron chi connectivity index (χ0n) is 17.1. The maximum absolute atomic E-state index is 13.1. The summed E-state index contributed by atoms with van der Waals surface area (Å²) in [6.07, 6.45) is 0. The van der Waals surface area contributed by atoms with E-state index < -0.39 is 0 Å². The van der Waals surface area contributed by atoms with Crippen LogP contribution in [0.1, 0.15) is 27.4 Å². The number of carbonyl (C=O) groups excluding carboxylic acids is 1. The predicted molar refractivity (Wildman–Crippen MR) is 131 cm³/mol. The molecule has 0 saturated carbocycles. The summed E-state index contributed by atoms with van der Waals surface area (Å²) >= 11 is 2.03. The smallest absolute Gasteiger partial charge is 0.253 e. The summed E-state index contributed by atoms with van der Waals surface area (Å²) in [6, 6.07) is 18.7. The van der Waals surface area contributed by atoms with Crippen LogP contribution in [0.15, 0.2) is 54.6 Å². The van der Waals surface area contributed by atoms with E-state index in [1.165, 1.54) is 22.6 Å². The highest BCUT2D eigenvalue weighted by Crippen LogP contribution is 2.32. The highest BCUT2D eigenvalue weighted by Gasteiger charge is 2.35. The first-order valence-corrected chi connectivity index (χ1v) is 11.3. The summed E-state index contributed by atoms with van der Waals surface area (Å²) in [5, 5.41) is 0. The van der Waals surface area contributed by atoms with Gasteiger partial charge in [-0.1, -0.05) is 42.5 Å². The van der Waals surface area contributed by atoms with Gasteiger partial charge in [0.15, 0.2) is 0 Å². The maximum Gasteiger partial charge on any atom is 0.253 e. The molecule has 2 aliphatic heterocycles. The van der Waals surface area contributed by atoms with Crippen molar-refractivity contribution < 1.29 is 4.79 Å². The van der Waals surface area contributed by atoms with Crippen LogP contribution in [0.3, 0.4) is 0 Å². The second kappa shape index (κ2) is 12.0. The quantitative estimate of drug-likeness (QED) is 0.724. The summed E-state index contributed by atoms with van der Waals surface area (Å²) in [6.45, 7) is 5.38. The molecule has 0 unspecified atom stereocenters. The molecule has 7 heteroatoms. The lowest BCUT2D eigenvalue weighted by molar-refractivity contribution is 0.0786.